The second-order valence-electron chi connectivity index (χ2n) is 5.44. The SMILES string of the molecule is Cc1ccc(NC(=O)C(=O)Nc2ccccc2OC(C)C)cc1. The summed E-state index contributed by atoms with van der Waals surface area (Å²) < 4.78 is 5.61. The van der Waals surface area contributed by atoms with Crippen molar-refractivity contribution in [3.8, 4) is 5.75 Å². The minimum atomic E-state index is -0.745. The summed E-state index contributed by atoms with van der Waals surface area (Å²) >= 11 is 0. The minimum absolute atomic E-state index is 0.0329. The average molecular weight is 312 g/mol. The van der Waals surface area contributed by atoms with E-state index in [4.69, 9.17) is 4.74 Å². The third-order valence-electron chi connectivity index (χ3n) is 3.01. The van der Waals surface area contributed by atoms with Crippen LogP contribution in [0.15, 0.2) is 48.5 Å². The van der Waals surface area contributed by atoms with E-state index in [1.807, 2.05) is 32.9 Å². The maximum atomic E-state index is 12.0. The van der Waals surface area contributed by atoms with Crippen LogP contribution >= 0.6 is 0 Å². The van der Waals surface area contributed by atoms with Crippen LogP contribution in [0.1, 0.15) is 19.4 Å². The number of carbonyl (C=O) groups excluding carboxylic acids is 2. The number of anilines is 2. The monoisotopic (exact) mass is 312 g/mol. The van der Waals surface area contributed by atoms with Crippen molar-refractivity contribution < 1.29 is 14.3 Å². The predicted octanol–water partition coefficient (Wildman–Crippen LogP) is 3.36. The van der Waals surface area contributed by atoms with Crippen molar-refractivity contribution in [1.82, 2.24) is 0 Å². The molecule has 0 aromatic heterocycles. The molecule has 5 heteroatoms. The van der Waals surface area contributed by atoms with Gasteiger partial charge in [0, 0.05) is 5.69 Å². The number of amides is 2. The largest absolute Gasteiger partial charge is 0.489 e. The third kappa shape index (κ3) is 4.85. The molecule has 0 saturated heterocycles. The molecule has 2 amide bonds. The number of benzene rings is 2. The van der Waals surface area contributed by atoms with Crippen LogP contribution in [0.4, 0.5) is 11.4 Å². The van der Waals surface area contributed by atoms with E-state index in [0.29, 0.717) is 17.1 Å². The molecule has 0 fully saturated rings. The van der Waals surface area contributed by atoms with Crippen molar-refractivity contribution >= 4 is 23.2 Å². The summed E-state index contributed by atoms with van der Waals surface area (Å²) in [4.78, 5) is 24.0. The molecule has 120 valence electrons. The van der Waals surface area contributed by atoms with E-state index in [-0.39, 0.29) is 6.10 Å². The summed E-state index contributed by atoms with van der Waals surface area (Å²) in [7, 11) is 0. The van der Waals surface area contributed by atoms with E-state index < -0.39 is 11.8 Å². The average Bonchev–Trinajstić information content (AvgIpc) is 2.51. The number of hydrogen-bond donors (Lipinski definition) is 2. The van der Waals surface area contributed by atoms with E-state index in [1.165, 1.54) is 0 Å². The molecule has 2 aromatic carbocycles. The third-order valence-corrected chi connectivity index (χ3v) is 3.01. The highest BCUT2D eigenvalue weighted by atomic mass is 16.5. The molecule has 2 rings (SSSR count). The van der Waals surface area contributed by atoms with E-state index in [0.717, 1.165) is 5.56 Å². The van der Waals surface area contributed by atoms with Crippen LogP contribution in [0.25, 0.3) is 0 Å². The molecular weight excluding hydrogens is 292 g/mol. The first kappa shape index (κ1) is 16.5. The first-order chi connectivity index (χ1) is 11.0. The van der Waals surface area contributed by atoms with Crippen LogP contribution < -0.4 is 15.4 Å². The number of carbonyl (C=O) groups is 2. The highest BCUT2D eigenvalue weighted by molar-refractivity contribution is 6.43. The molecule has 2 N–H and O–H groups in total. The van der Waals surface area contributed by atoms with Crippen LogP contribution in [0.3, 0.4) is 0 Å². The second-order valence-corrected chi connectivity index (χ2v) is 5.44. The molecule has 0 aliphatic carbocycles. The maximum absolute atomic E-state index is 12.0. The van der Waals surface area contributed by atoms with Gasteiger partial charge in [0.15, 0.2) is 0 Å². The molecule has 2 aromatic rings. The van der Waals surface area contributed by atoms with Gasteiger partial charge >= 0.3 is 11.8 Å². The summed E-state index contributed by atoms with van der Waals surface area (Å²) in [5.74, 6) is -0.947. The van der Waals surface area contributed by atoms with Crippen molar-refractivity contribution in [3.05, 3.63) is 54.1 Å². The summed E-state index contributed by atoms with van der Waals surface area (Å²) in [6.45, 7) is 5.73. The van der Waals surface area contributed by atoms with Gasteiger partial charge in [-0.15, -0.1) is 0 Å². The number of ether oxygens (including phenoxy) is 1. The Bertz CT molecular complexity index is 694. The Hall–Kier alpha value is -2.82. The van der Waals surface area contributed by atoms with Gasteiger partial charge in [0.25, 0.3) is 0 Å². The Kier molecular flexibility index (Phi) is 5.36. The number of hydrogen-bond acceptors (Lipinski definition) is 3. The fourth-order valence-corrected chi connectivity index (χ4v) is 1.93. The van der Waals surface area contributed by atoms with Gasteiger partial charge in [0.1, 0.15) is 5.75 Å². The molecule has 23 heavy (non-hydrogen) atoms. The Morgan fingerprint density at radius 1 is 0.913 bits per heavy atom. The standard InChI is InChI=1S/C18H20N2O3/c1-12(2)23-16-7-5-4-6-15(16)20-18(22)17(21)19-14-10-8-13(3)9-11-14/h4-12H,1-3H3,(H,19,21)(H,20,22). The van der Waals surface area contributed by atoms with Crippen LogP contribution in [0.5, 0.6) is 5.75 Å². The normalized spacial score (nSPS) is 10.3. The zero-order valence-electron chi connectivity index (χ0n) is 13.4. The smallest absolute Gasteiger partial charge is 0.314 e. The van der Waals surface area contributed by atoms with Crippen molar-refractivity contribution in [3.63, 3.8) is 0 Å². The summed E-state index contributed by atoms with van der Waals surface area (Å²) in [6.07, 6.45) is -0.0329. The molecule has 0 radical (unpaired) electrons. The number of para-hydroxylation sites is 2. The Labute approximate surface area is 135 Å². The molecular formula is C18H20N2O3. The molecule has 0 aliphatic rings. The van der Waals surface area contributed by atoms with E-state index in [1.54, 1.807) is 36.4 Å². The van der Waals surface area contributed by atoms with Gasteiger partial charge in [-0.05, 0) is 45.0 Å². The van der Waals surface area contributed by atoms with Crippen molar-refractivity contribution in [2.45, 2.75) is 26.9 Å². The van der Waals surface area contributed by atoms with Gasteiger partial charge < -0.3 is 15.4 Å². The first-order valence-electron chi connectivity index (χ1n) is 7.40. The van der Waals surface area contributed by atoms with Gasteiger partial charge in [-0.1, -0.05) is 29.8 Å². The zero-order chi connectivity index (χ0) is 16.8. The lowest BCUT2D eigenvalue weighted by Crippen LogP contribution is -2.29. The Morgan fingerprint density at radius 2 is 1.52 bits per heavy atom. The van der Waals surface area contributed by atoms with Gasteiger partial charge in [0.05, 0.1) is 11.8 Å². The lowest BCUT2D eigenvalue weighted by molar-refractivity contribution is -0.133. The van der Waals surface area contributed by atoms with Gasteiger partial charge in [0.2, 0.25) is 0 Å². The topological polar surface area (TPSA) is 67.4 Å². The van der Waals surface area contributed by atoms with E-state index in [2.05, 4.69) is 10.6 Å². The van der Waals surface area contributed by atoms with Crippen LogP contribution in [-0.2, 0) is 9.59 Å². The zero-order valence-corrected chi connectivity index (χ0v) is 13.4. The fraction of sp³-hybridized carbons (Fsp3) is 0.222. The van der Waals surface area contributed by atoms with Gasteiger partial charge in [-0.25, -0.2) is 0 Å². The van der Waals surface area contributed by atoms with Crippen molar-refractivity contribution in [1.29, 1.82) is 0 Å². The van der Waals surface area contributed by atoms with Gasteiger partial charge in [-0.3, -0.25) is 9.59 Å². The summed E-state index contributed by atoms with van der Waals surface area (Å²) in [5, 5.41) is 5.13. The fourth-order valence-electron chi connectivity index (χ4n) is 1.93. The molecule has 0 spiro atoms. The van der Waals surface area contributed by atoms with E-state index in [9.17, 15) is 9.59 Å². The van der Waals surface area contributed by atoms with Crippen molar-refractivity contribution in [2.75, 3.05) is 10.6 Å². The Balaban J connectivity index is 2.04. The second kappa shape index (κ2) is 7.45. The summed E-state index contributed by atoms with van der Waals surface area (Å²) in [6, 6.07) is 14.2. The highest BCUT2D eigenvalue weighted by Gasteiger charge is 2.16. The quantitative estimate of drug-likeness (QED) is 0.851. The molecule has 0 saturated carbocycles. The number of rotatable bonds is 4. The Morgan fingerprint density at radius 3 is 2.17 bits per heavy atom. The van der Waals surface area contributed by atoms with Crippen LogP contribution in [0.2, 0.25) is 0 Å². The minimum Gasteiger partial charge on any atom is -0.489 e. The maximum Gasteiger partial charge on any atom is 0.314 e. The predicted molar refractivity (Wildman–Crippen MR) is 90.6 cm³/mol. The van der Waals surface area contributed by atoms with Crippen LogP contribution in [0, 0.1) is 6.92 Å². The van der Waals surface area contributed by atoms with E-state index >= 15 is 0 Å². The molecule has 0 unspecified atom stereocenters. The van der Waals surface area contributed by atoms with Gasteiger partial charge in [-0.2, -0.15) is 0 Å². The highest BCUT2D eigenvalue weighted by Crippen LogP contribution is 2.24. The number of aryl methyl sites for hydroxylation is 1. The first-order valence-corrected chi connectivity index (χ1v) is 7.40. The van der Waals surface area contributed by atoms with Crippen LogP contribution in [-0.4, -0.2) is 17.9 Å². The molecule has 0 atom stereocenters. The summed E-state index contributed by atoms with van der Waals surface area (Å²) in [5.41, 5.74) is 2.11. The lowest BCUT2D eigenvalue weighted by Gasteiger charge is -2.14. The lowest BCUT2D eigenvalue weighted by atomic mass is 10.2. The molecule has 0 heterocycles. The van der Waals surface area contributed by atoms with Crippen molar-refractivity contribution in [2.24, 2.45) is 0 Å². The molecule has 5 nitrogen and oxygen atoms in total. The number of nitrogens with one attached hydrogen (secondary N) is 2. The molecule has 0 bridgehead atoms. The molecule has 0 aliphatic heterocycles.